The van der Waals surface area contributed by atoms with Crippen LogP contribution in [0.4, 0.5) is 0 Å². The summed E-state index contributed by atoms with van der Waals surface area (Å²) in [4.78, 5) is 4.26. The Morgan fingerprint density at radius 3 is 2.72 bits per heavy atom. The molecule has 0 aliphatic carbocycles. The molecule has 1 N–H and O–H groups in total. The van der Waals surface area contributed by atoms with Gasteiger partial charge in [0.15, 0.2) is 0 Å². The topological polar surface area (TPSA) is 33.1 Å². The van der Waals surface area contributed by atoms with Gasteiger partial charge in [-0.2, -0.15) is 0 Å². The number of rotatable bonds is 3. The third kappa shape index (κ3) is 3.31. The van der Waals surface area contributed by atoms with Crippen LogP contribution in [0, 0.1) is 6.92 Å². The summed E-state index contributed by atoms with van der Waals surface area (Å²) in [6, 6.07) is 9.33. The van der Waals surface area contributed by atoms with E-state index in [0.29, 0.717) is 11.4 Å². The lowest BCUT2D eigenvalue weighted by Crippen LogP contribution is -2.05. The fraction of sp³-hybridized carbons (Fsp3) is 0.214. The zero-order chi connectivity index (χ0) is 13.1. The Bertz CT molecular complexity index is 542. The van der Waals surface area contributed by atoms with Crippen LogP contribution in [-0.2, 0) is 6.42 Å². The number of aliphatic hydroxyl groups is 1. The van der Waals surface area contributed by atoms with Gasteiger partial charge in [-0.05, 0) is 58.2 Å². The first-order chi connectivity index (χ1) is 8.56. The third-order valence-corrected chi connectivity index (χ3v) is 3.49. The molecule has 0 aliphatic heterocycles. The van der Waals surface area contributed by atoms with Gasteiger partial charge in [0.2, 0.25) is 0 Å². The van der Waals surface area contributed by atoms with Gasteiger partial charge < -0.3 is 5.11 Å². The first-order valence-electron chi connectivity index (χ1n) is 5.61. The Labute approximate surface area is 120 Å². The van der Waals surface area contributed by atoms with E-state index < -0.39 is 6.10 Å². The number of hydrogen-bond donors (Lipinski definition) is 1. The summed E-state index contributed by atoms with van der Waals surface area (Å²) in [6.07, 6.45) is 1.67. The summed E-state index contributed by atoms with van der Waals surface area (Å²) in [5, 5.41) is 10.9. The molecule has 1 atom stereocenters. The van der Waals surface area contributed by atoms with E-state index in [-0.39, 0.29) is 0 Å². The largest absolute Gasteiger partial charge is 0.388 e. The second-order valence-corrected chi connectivity index (χ2v) is 5.54. The van der Waals surface area contributed by atoms with Crippen LogP contribution >= 0.6 is 27.5 Å². The summed E-state index contributed by atoms with van der Waals surface area (Å²) < 4.78 is 0.934. The molecule has 0 spiro atoms. The summed E-state index contributed by atoms with van der Waals surface area (Å²) in [7, 11) is 0. The Morgan fingerprint density at radius 1 is 1.33 bits per heavy atom. The SMILES string of the molecule is Cc1cc(Cl)ccc1C(O)Cc1ccc(Br)cn1. The Kier molecular flexibility index (Phi) is 4.38. The van der Waals surface area contributed by atoms with Crippen LogP contribution in [0.2, 0.25) is 5.02 Å². The predicted molar refractivity (Wildman–Crippen MR) is 76.8 cm³/mol. The van der Waals surface area contributed by atoms with Gasteiger partial charge in [-0.3, -0.25) is 4.98 Å². The molecule has 2 nitrogen and oxygen atoms in total. The van der Waals surface area contributed by atoms with Gasteiger partial charge in [-0.25, -0.2) is 0 Å². The second-order valence-electron chi connectivity index (χ2n) is 4.19. The highest BCUT2D eigenvalue weighted by Crippen LogP contribution is 2.24. The average molecular weight is 327 g/mol. The molecule has 1 aromatic carbocycles. The van der Waals surface area contributed by atoms with Crippen LogP contribution in [0.5, 0.6) is 0 Å². The lowest BCUT2D eigenvalue weighted by Gasteiger charge is -2.13. The van der Waals surface area contributed by atoms with Crippen molar-refractivity contribution < 1.29 is 5.11 Å². The fourth-order valence-electron chi connectivity index (χ4n) is 1.85. The van der Waals surface area contributed by atoms with E-state index in [0.717, 1.165) is 21.3 Å². The standard InChI is InChI=1S/C14H13BrClNO/c1-9-6-11(16)3-5-13(9)14(18)7-12-4-2-10(15)8-17-12/h2-6,8,14,18H,7H2,1H3. The quantitative estimate of drug-likeness (QED) is 0.922. The van der Waals surface area contributed by atoms with E-state index in [1.165, 1.54) is 0 Å². The average Bonchev–Trinajstić information content (AvgIpc) is 2.32. The van der Waals surface area contributed by atoms with E-state index in [2.05, 4.69) is 20.9 Å². The van der Waals surface area contributed by atoms with Crippen molar-refractivity contribution in [3.8, 4) is 0 Å². The van der Waals surface area contributed by atoms with E-state index >= 15 is 0 Å². The normalized spacial score (nSPS) is 12.4. The molecule has 0 saturated carbocycles. The van der Waals surface area contributed by atoms with E-state index in [4.69, 9.17) is 11.6 Å². The molecule has 0 aliphatic rings. The first kappa shape index (κ1) is 13.5. The molecule has 1 heterocycles. The molecule has 2 aromatic rings. The molecule has 1 aromatic heterocycles. The molecule has 94 valence electrons. The summed E-state index contributed by atoms with van der Waals surface area (Å²) in [5.41, 5.74) is 2.75. The maximum absolute atomic E-state index is 10.2. The molecule has 2 rings (SSSR count). The van der Waals surface area contributed by atoms with Crippen LogP contribution in [0.3, 0.4) is 0 Å². The van der Waals surface area contributed by atoms with Crippen LogP contribution in [0.25, 0.3) is 0 Å². The number of hydrogen-bond acceptors (Lipinski definition) is 2. The van der Waals surface area contributed by atoms with E-state index in [1.54, 1.807) is 12.3 Å². The molecule has 0 amide bonds. The van der Waals surface area contributed by atoms with Gasteiger partial charge in [0.05, 0.1) is 6.10 Å². The number of aromatic nitrogens is 1. The lowest BCUT2D eigenvalue weighted by molar-refractivity contribution is 0.176. The molecule has 4 heteroatoms. The van der Waals surface area contributed by atoms with Crippen molar-refractivity contribution in [2.75, 3.05) is 0 Å². The fourth-order valence-corrected chi connectivity index (χ4v) is 2.31. The zero-order valence-electron chi connectivity index (χ0n) is 9.90. The van der Waals surface area contributed by atoms with Crippen LogP contribution in [-0.4, -0.2) is 10.1 Å². The van der Waals surface area contributed by atoms with Crippen molar-refractivity contribution >= 4 is 27.5 Å². The summed E-state index contributed by atoms with van der Waals surface area (Å²) >= 11 is 9.24. The van der Waals surface area contributed by atoms with Crippen molar-refractivity contribution in [1.29, 1.82) is 0 Å². The molecular weight excluding hydrogens is 314 g/mol. The minimum atomic E-state index is -0.559. The van der Waals surface area contributed by atoms with Crippen molar-refractivity contribution in [1.82, 2.24) is 4.98 Å². The Morgan fingerprint density at radius 2 is 2.11 bits per heavy atom. The number of pyridine rings is 1. The Hall–Kier alpha value is -0.900. The smallest absolute Gasteiger partial charge is 0.0848 e. The van der Waals surface area contributed by atoms with Crippen molar-refractivity contribution in [3.63, 3.8) is 0 Å². The maximum Gasteiger partial charge on any atom is 0.0848 e. The van der Waals surface area contributed by atoms with Crippen molar-refractivity contribution in [3.05, 3.63) is 62.8 Å². The van der Waals surface area contributed by atoms with Gasteiger partial charge >= 0.3 is 0 Å². The van der Waals surface area contributed by atoms with Gasteiger partial charge in [-0.15, -0.1) is 0 Å². The second kappa shape index (κ2) is 5.83. The van der Waals surface area contributed by atoms with Gasteiger partial charge in [-0.1, -0.05) is 17.7 Å². The first-order valence-corrected chi connectivity index (χ1v) is 6.78. The van der Waals surface area contributed by atoms with Crippen LogP contribution in [0.1, 0.15) is 22.9 Å². The number of nitrogens with zero attached hydrogens (tertiary/aromatic N) is 1. The minimum absolute atomic E-state index is 0.496. The van der Waals surface area contributed by atoms with E-state index in [9.17, 15) is 5.11 Å². The molecular formula is C14H13BrClNO. The van der Waals surface area contributed by atoms with E-state index in [1.807, 2.05) is 31.2 Å². The molecule has 0 radical (unpaired) electrons. The molecule has 1 unspecified atom stereocenters. The van der Waals surface area contributed by atoms with Gasteiger partial charge in [0.25, 0.3) is 0 Å². The third-order valence-electron chi connectivity index (χ3n) is 2.78. The minimum Gasteiger partial charge on any atom is -0.388 e. The zero-order valence-corrected chi connectivity index (χ0v) is 12.2. The molecule has 0 bridgehead atoms. The number of aliphatic hydroxyl groups excluding tert-OH is 1. The van der Waals surface area contributed by atoms with Gasteiger partial charge in [0.1, 0.15) is 0 Å². The monoisotopic (exact) mass is 325 g/mol. The highest BCUT2D eigenvalue weighted by Gasteiger charge is 2.12. The number of aryl methyl sites for hydroxylation is 1. The van der Waals surface area contributed by atoms with Crippen molar-refractivity contribution in [2.24, 2.45) is 0 Å². The van der Waals surface area contributed by atoms with Crippen LogP contribution in [0.15, 0.2) is 41.0 Å². The summed E-state index contributed by atoms with van der Waals surface area (Å²) in [5.74, 6) is 0. The molecule has 0 fully saturated rings. The predicted octanol–water partition coefficient (Wildman–Crippen LogP) is 4.08. The highest BCUT2D eigenvalue weighted by molar-refractivity contribution is 9.10. The lowest BCUT2D eigenvalue weighted by atomic mass is 10.00. The van der Waals surface area contributed by atoms with Gasteiger partial charge in [0, 0.05) is 27.8 Å². The number of halogens is 2. The summed E-state index contributed by atoms with van der Waals surface area (Å²) in [6.45, 7) is 1.94. The van der Waals surface area contributed by atoms with Crippen LogP contribution < -0.4 is 0 Å². The molecule has 18 heavy (non-hydrogen) atoms. The van der Waals surface area contributed by atoms with Crippen molar-refractivity contribution in [2.45, 2.75) is 19.4 Å². The maximum atomic E-state index is 10.2. The Balaban J connectivity index is 2.16. The molecule has 0 saturated heterocycles. The number of benzene rings is 1. The highest BCUT2D eigenvalue weighted by atomic mass is 79.9.